The van der Waals surface area contributed by atoms with E-state index in [1.54, 1.807) is 27.7 Å². The van der Waals surface area contributed by atoms with Crippen molar-refractivity contribution in [3.05, 3.63) is 162 Å². The van der Waals surface area contributed by atoms with Gasteiger partial charge in [-0.25, -0.2) is 0 Å². The number of nitriles is 2. The Kier molecular flexibility index (Phi) is 31.1. The van der Waals surface area contributed by atoms with Gasteiger partial charge in [-0.1, -0.05) is 112 Å². The van der Waals surface area contributed by atoms with Gasteiger partial charge in [-0.2, -0.15) is 10.5 Å². The number of phenols is 3. The van der Waals surface area contributed by atoms with Crippen molar-refractivity contribution in [3.8, 4) is 58.1 Å². The molecule has 115 heavy (non-hydrogen) atoms. The number of phenolic OH excluding ortho intramolecular Hbond substituents is 3. The van der Waals surface area contributed by atoms with Crippen LogP contribution in [0.5, 0.6) is 46.0 Å². The number of carbonyl (C=O) groups excluding carboxylic acids is 6. The third-order valence-electron chi connectivity index (χ3n) is 24.5. The van der Waals surface area contributed by atoms with Crippen LogP contribution in [0.4, 0.5) is 0 Å². The van der Waals surface area contributed by atoms with Gasteiger partial charge in [0.25, 0.3) is 0 Å². The van der Waals surface area contributed by atoms with Crippen molar-refractivity contribution >= 4 is 46.4 Å². The maximum atomic E-state index is 13.7. The van der Waals surface area contributed by atoms with E-state index in [1.165, 1.54) is 0 Å². The number of nitrogens with zero attached hydrogens (tertiary/aromatic N) is 6. The average molecular weight is 2020 g/mol. The second-order valence-electron chi connectivity index (χ2n) is 31.5. The van der Waals surface area contributed by atoms with E-state index in [2.05, 4.69) is 79.0 Å². The second kappa shape index (κ2) is 39.7. The smallest absolute Gasteiger partial charge is 0.311 e. The Hall–Kier alpha value is -7.07. The molecule has 4 amide bonds. The van der Waals surface area contributed by atoms with Gasteiger partial charge in [-0.05, 0) is 177 Å². The standard InChI is InChI=1S/C44H53N5O7.C38H43N5O6.C6H11ClO.2Ac/c1-7-8-10-15-36(51)56-41-25(3)24(2)18-29-19-31-33(21-45)49-32(39(37(29)41)48(31)6)20-30-38(43-42(54-23-55-43)26(4)40(30)52)34(49)22-46-44(53)27(5)47-35(50)17-16-28-13-11-9-12-14-28;1-19-13-24-14-26-28(16-39)43-27(33(42(26)5)31(24)35(46)20(19)2)15-25-32(37-36(48-18-49-37)21(3)34(25)45)29(43)17-40-38(47)22(4)41-30(44)12-11-23-9-7-6-8-10-23;1-2-3-4-5-6(7)8;;/h9,11-14,18,27,31-34,39,52H,7-8,10,15-17,19-20,22-23H2,1-6H3,(H,46,53)(H,47,50);6-10,13,22,26-29,33,45-46H,11-12,14-15,17-18H2,1-5H3,(H,40,47)(H,41,44);2-5H2,1H3;;/t27?,31-,32?,33-,34-,39-;22?,26-,27?,28-,29-,33-;;;/m00.../s1. The van der Waals surface area contributed by atoms with E-state index in [1.807, 2.05) is 102 Å². The number of rotatable bonds is 23. The molecule has 6 aromatic rings. The van der Waals surface area contributed by atoms with Gasteiger partial charge in [0.05, 0.1) is 36.3 Å². The van der Waals surface area contributed by atoms with Gasteiger partial charge >= 0.3 is 5.97 Å². The molecule has 4 unspecified atom stereocenters. The molecule has 0 spiro atoms. The van der Waals surface area contributed by atoms with Crippen LogP contribution in [-0.2, 0) is 67.3 Å². The van der Waals surface area contributed by atoms with Crippen molar-refractivity contribution in [3.63, 3.8) is 0 Å². The van der Waals surface area contributed by atoms with Crippen LogP contribution < -0.4 is 45.0 Å². The first-order valence-corrected chi connectivity index (χ1v) is 40.2. The van der Waals surface area contributed by atoms with E-state index in [0.717, 1.165) is 94.2 Å². The van der Waals surface area contributed by atoms with Gasteiger partial charge in [0.1, 0.15) is 47.2 Å². The van der Waals surface area contributed by atoms with Crippen LogP contribution in [0, 0.1) is 152 Å². The molecule has 2 saturated heterocycles. The number of likely N-dealkylation sites (N-methyl/N-ethyl adjacent to an activating group) is 2. The molecule has 6 aromatic carbocycles. The zero-order chi connectivity index (χ0) is 81.0. The number of aryl methyl sites for hydroxylation is 4. The van der Waals surface area contributed by atoms with Gasteiger partial charge in [0.2, 0.25) is 42.5 Å². The van der Waals surface area contributed by atoms with Crippen molar-refractivity contribution in [2.75, 3.05) is 40.8 Å². The van der Waals surface area contributed by atoms with E-state index in [-0.39, 0.29) is 216 Å². The number of unbranched alkanes of at least 4 members (excludes halogenated alkanes) is 4. The van der Waals surface area contributed by atoms with Gasteiger partial charge in [-0.15, -0.1) is 0 Å². The minimum Gasteiger partial charge on any atom is -0.507 e. The number of benzene rings is 6. The summed E-state index contributed by atoms with van der Waals surface area (Å²) in [5, 5.41) is 68.5. The summed E-state index contributed by atoms with van der Waals surface area (Å²) in [7, 11) is 4.04. The van der Waals surface area contributed by atoms with E-state index in [4.69, 9.17) is 35.3 Å². The Balaban J connectivity index is 0.000000220. The van der Waals surface area contributed by atoms with Crippen LogP contribution in [-0.4, -0.2) is 159 Å². The van der Waals surface area contributed by atoms with Gasteiger partial charge in [-0.3, -0.25) is 48.4 Å². The number of nitrogens with one attached hydrogen (secondary N) is 4. The number of hydrogen-bond donors (Lipinski definition) is 7. The number of piperazine rings is 2. The Morgan fingerprint density at radius 1 is 0.530 bits per heavy atom. The van der Waals surface area contributed by atoms with Crippen LogP contribution in [0.25, 0.3) is 0 Å². The van der Waals surface area contributed by atoms with Crippen LogP contribution in [0.15, 0.2) is 72.8 Å². The molecule has 7 N–H and O–H groups in total. The monoisotopic (exact) mass is 2020 g/mol. The number of ether oxygens (including phenoxy) is 5. The molecule has 27 heteroatoms. The molecule has 8 aliphatic rings. The number of aromatic hydroxyl groups is 3. The minimum absolute atomic E-state index is 0. The summed E-state index contributed by atoms with van der Waals surface area (Å²) in [4.78, 5) is 85.1. The Morgan fingerprint density at radius 3 is 1.37 bits per heavy atom. The van der Waals surface area contributed by atoms with Crippen molar-refractivity contribution in [1.29, 1.82) is 10.5 Å². The topological polar surface area (TPSA) is 318 Å². The Labute approximate surface area is 751 Å². The van der Waals surface area contributed by atoms with Crippen molar-refractivity contribution < 1.29 is 156 Å². The third-order valence-corrected chi connectivity index (χ3v) is 24.7. The van der Waals surface area contributed by atoms with E-state index in [9.17, 15) is 54.6 Å². The maximum Gasteiger partial charge on any atom is 0.311 e. The molecule has 2 fully saturated rings. The molecule has 606 valence electrons. The van der Waals surface area contributed by atoms with E-state index >= 15 is 0 Å². The number of esters is 1. The molecule has 0 saturated carbocycles. The summed E-state index contributed by atoms with van der Waals surface area (Å²) in [6.45, 7) is 19.2. The summed E-state index contributed by atoms with van der Waals surface area (Å²) < 4.78 is 30.1. The predicted molar refractivity (Wildman–Crippen MR) is 426 cm³/mol. The first-order chi connectivity index (χ1) is 54.2. The van der Waals surface area contributed by atoms with Crippen molar-refractivity contribution in [2.45, 2.75) is 244 Å². The summed E-state index contributed by atoms with van der Waals surface area (Å²) in [5.74, 6) is 1.51. The van der Waals surface area contributed by atoms with Crippen LogP contribution in [0.1, 0.15) is 205 Å². The fraction of sp³-hybridized carbons (Fsp3) is 0.500. The first-order valence-electron chi connectivity index (χ1n) is 39.8. The number of fused-ring (bicyclic) bond motifs is 18. The molecule has 8 aliphatic heterocycles. The fourth-order valence-corrected chi connectivity index (χ4v) is 18.5. The third kappa shape index (κ3) is 18.7. The largest absolute Gasteiger partial charge is 0.507 e. The summed E-state index contributed by atoms with van der Waals surface area (Å²) in [6, 6.07) is 23.3. The quantitative estimate of drug-likeness (QED) is 0.0136. The average Bonchev–Trinajstić information content (AvgIpc) is 1.34. The Bertz CT molecular complexity index is 4710. The zero-order valence-electron chi connectivity index (χ0n) is 68.0. The number of hydrogen-bond acceptors (Lipinski definition) is 20. The molecule has 12 atom stereocenters. The van der Waals surface area contributed by atoms with Crippen LogP contribution in [0.3, 0.4) is 0 Å². The summed E-state index contributed by atoms with van der Waals surface area (Å²) in [6.07, 6.45) is 10.3. The molecular formula is C88H107Ac2ClN10O14. The number of halogens is 1. The van der Waals surface area contributed by atoms with Gasteiger partial charge in [0, 0.05) is 196 Å². The summed E-state index contributed by atoms with van der Waals surface area (Å²) >= 11 is 5.07. The molecule has 2 radical (unpaired) electrons. The van der Waals surface area contributed by atoms with Crippen LogP contribution in [0.2, 0.25) is 0 Å². The Morgan fingerprint density at radius 2 is 0.939 bits per heavy atom. The molecule has 4 bridgehead atoms. The summed E-state index contributed by atoms with van der Waals surface area (Å²) in [5.41, 5.74) is 13.6. The molecule has 0 aliphatic carbocycles. The number of carbonyl (C=O) groups is 6. The molecule has 8 heterocycles. The molecular weight excluding hydrogens is 1910 g/mol. The number of amides is 4. The van der Waals surface area contributed by atoms with E-state index < -0.39 is 36.3 Å². The predicted octanol–water partition coefficient (Wildman–Crippen LogP) is 11.7. The SMILES string of the molecule is CCCCCC(=O)Cl.CCCCCC(=O)Oc1c(C)c(C)cc2c1[C@@H]1C3Cc4c(O)c(C)c5c(c4[C@H](CNC(=O)C(C)NC(=O)CCc4ccccc4)N3[C@@H](C#N)[C@H](C2)N1C)OCO5.Cc1cc2c(c(O)c1C)[C@@H]1C3Cc4c(O)c(C)c5c(c4[C@H](CNC(=O)C(C)NC(=O)CCc4ccccc4)N3[C@@H](C#N)[C@H](C2)N1C)OCO5.[Ac].[Ac]. The minimum atomic E-state index is -0.819. The van der Waals surface area contributed by atoms with Crippen LogP contribution >= 0.6 is 11.6 Å². The molecule has 0 aromatic heterocycles. The maximum absolute atomic E-state index is 13.7. The first kappa shape index (κ1) is 90.3. The molecule has 24 nitrogen and oxygen atoms in total. The van der Waals surface area contributed by atoms with E-state index in [0.29, 0.717) is 113 Å². The normalized spacial score (nSPS) is 21.9. The zero-order valence-corrected chi connectivity index (χ0v) is 78.3. The fourth-order valence-electron chi connectivity index (χ4n) is 18.4. The van der Waals surface area contributed by atoms with Crippen molar-refractivity contribution in [1.82, 2.24) is 40.9 Å². The second-order valence-corrected chi connectivity index (χ2v) is 31.9. The van der Waals surface area contributed by atoms with Gasteiger partial charge in [0.15, 0.2) is 23.0 Å². The van der Waals surface area contributed by atoms with Gasteiger partial charge < -0.3 is 60.3 Å². The van der Waals surface area contributed by atoms with Crippen molar-refractivity contribution in [2.24, 2.45) is 0 Å². The molecule has 14 rings (SSSR count).